The second kappa shape index (κ2) is 11.7. The first-order chi connectivity index (χ1) is 22.4. The lowest BCUT2D eigenvalue weighted by Gasteiger charge is -2.57. The lowest BCUT2D eigenvalue weighted by atomic mass is 9.48. The molecule has 0 radical (unpaired) electrons. The number of fused-ring (bicyclic) bond motifs is 5. The fourth-order valence-corrected chi connectivity index (χ4v) is 10.1. The Kier molecular flexibility index (Phi) is 7.99. The van der Waals surface area contributed by atoms with Gasteiger partial charge in [0.1, 0.15) is 11.4 Å². The highest BCUT2D eigenvalue weighted by Crippen LogP contribution is 2.65. The predicted molar refractivity (Wildman–Crippen MR) is 175 cm³/mol. The molecule has 4 aliphatic carbocycles. The molecule has 4 nitrogen and oxygen atoms in total. The molecule has 0 amide bonds. The van der Waals surface area contributed by atoms with E-state index in [0.717, 1.165) is 48.8 Å². The fraction of sp³-hybridized carbons (Fsp3) is 0.436. The van der Waals surface area contributed by atoms with Crippen LogP contribution in [0.4, 0.5) is 13.2 Å². The normalized spacial score (nSPS) is 30.7. The molecule has 8 heteroatoms. The van der Waals surface area contributed by atoms with E-state index in [0.29, 0.717) is 18.8 Å². The van der Waals surface area contributed by atoms with Gasteiger partial charge in [-0.25, -0.2) is 0 Å². The molecule has 2 fully saturated rings. The molecule has 47 heavy (non-hydrogen) atoms. The van der Waals surface area contributed by atoms with Crippen molar-refractivity contribution in [1.29, 1.82) is 0 Å². The van der Waals surface area contributed by atoms with Crippen molar-refractivity contribution in [3.05, 3.63) is 131 Å². The van der Waals surface area contributed by atoms with Crippen molar-refractivity contribution in [1.82, 2.24) is 0 Å². The number of rotatable bonds is 7. The van der Waals surface area contributed by atoms with Crippen LogP contribution < -0.4 is 0 Å². The molecule has 0 N–H and O–H groups in total. The summed E-state index contributed by atoms with van der Waals surface area (Å²) < 4.78 is 75.7. The monoisotopic (exact) mass is 662 g/mol. The zero-order valence-electron chi connectivity index (χ0n) is 26.7. The smallest absolute Gasteiger partial charge is 0.380 e. The fourth-order valence-electron chi connectivity index (χ4n) is 9.52. The number of halogens is 3. The highest BCUT2D eigenvalue weighted by molar-refractivity contribution is 7.87. The van der Waals surface area contributed by atoms with Crippen LogP contribution in [0.15, 0.2) is 114 Å². The average molecular weight is 663 g/mol. The summed E-state index contributed by atoms with van der Waals surface area (Å²) in [5.74, 6) is 0.596. The Balaban J connectivity index is 1.17. The number of hydrogen-bond donors (Lipinski definition) is 0. The number of hydrogen-bond acceptors (Lipinski definition) is 4. The van der Waals surface area contributed by atoms with Crippen LogP contribution in [0, 0.1) is 28.6 Å². The average Bonchev–Trinajstić information content (AvgIpc) is 3.39. The van der Waals surface area contributed by atoms with Gasteiger partial charge in [0.2, 0.25) is 0 Å². The first kappa shape index (κ1) is 32.2. The van der Waals surface area contributed by atoms with Gasteiger partial charge in [-0.3, -0.25) is 0 Å². The van der Waals surface area contributed by atoms with Crippen molar-refractivity contribution in [3.8, 4) is 0 Å². The maximum absolute atomic E-state index is 13.2. The lowest BCUT2D eigenvalue weighted by molar-refractivity contribution is -0.0851. The molecule has 248 valence electrons. The second-order valence-electron chi connectivity index (χ2n) is 14.3. The van der Waals surface area contributed by atoms with E-state index in [1.54, 1.807) is 6.08 Å². The summed E-state index contributed by atoms with van der Waals surface area (Å²) in [6.45, 7) is 4.25. The molecule has 7 rings (SSSR count). The molecule has 0 aromatic heterocycles. The minimum absolute atomic E-state index is 0.0268. The Labute approximate surface area is 275 Å². The molecule has 3 aromatic carbocycles. The topological polar surface area (TPSA) is 52.6 Å². The Morgan fingerprint density at radius 2 is 1.23 bits per heavy atom. The van der Waals surface area contributed by atoms with E-state index in [9.17, 15) is 21.6 Å². The van der Waals surface area contributed by atoms with E-state index in [-0.39, 0.29) is 29.1 Å². The SMILES string of the molecule is C[C@]12CC[C@H](OC(c3ccccc3)(c3ccccc3)c3ccccc3)CC1=CC[C@@H]1[C@@H]2CC[C@]2(C)C(OS(=O)(=O)C(F)(F)F)=CC[C@@H]12. The zero-order valence-corrected chi connectivity index (χ0v) is 27.6. The highest BCUT2D eigenvalue weighted by atomic mass is 32.2. The minimum atomic E-state index is -5.71. The lowest BCUT2D eigenvalue weighted by Crippen LogP contribution is -2.51. The molecule has 0 heterocycles. The van der Waals surface area contributed by atoms with Crippen molar-refractivity contribution in [2.75, 3.05) is 0 Å². The molecule has 0 aliphatic heterocycles. The number of alkyl halides is 3. The minimum Gasteiger partial charge on any atom is -0.380 e. The van der Waals surface area contributed by atoms with Gasteiger partial charge in [-0.1, -0.05) is 116 Å². The molecule has 6 atom stereocenters. The van der Waals surface area contributed by atoms with Crippen LogP contribution in [0.25, 0.3) is 0 Å². The quantitative estimate of drug-likeness (QED) is 0.109. The molecule has 0 spiro atoms. The first-order valence-corrected chi connectivity index (χ1v) is 18.0. The van der Waals surface area contributed by atoms with E-state index in [2.05, 4.69) is 85.8 Å². The molecule has 2 saturated carbocycles. The number of ether oxygens (including phenoxy) is 1. The summed E-state index contributed by atoms with van der Waals surface area (Å²) in [6.07, 6.45) is 9.32. The Bertz CT molecular complexity index is 1670. The Morgan fingerprint density at radius 1 is 0.702 bits per heavy atom. The van der Waals surface area contributed by atoms with Gasteiger partial charge >= 0.3 is 15.6 Å². The molecule has 0 unspecified atom stereocenters. The standard InChI is InChI=1S/C39H41F3O4S/c1-36-24-22-31(45-38(27-12-6-3-7-13-27,28-14-8-4-9-15-28)29-16-10-5-11-17-29)26-30(36)18-19-32-33-20-21-35(37(33,2)25-23-34(32)36)46-47(43,44)39(40,41)42/h3-18,21,31-34H,19-20,22-26H2,1-2H3/t31-,32-,33-,34-,36-,37-/m0/s1. The zero-order chi connectivity index (χ0) is 33.1. The molecule has 0 saturated heterocycles. The number of benzene rings is 3. The summed E-state index contributed by atoms with van der Waals surface area (Å²) in [7, 11) is -5.71. The highest BCUT2D eigenvalue weighted by Gasteiger charge is 2.60. The van der Waals surface area contributed by atoms with Crippen LogP contribution in [-0.4, -0.2) is 20.0 Å². The van der Waals surface area contributed by atoms with Gasteiger partial charge in [-0.15, -0.1) is 0 Å². The first-order valence-electron chi connectivity index (χ1n) is 16.6. The van der Waals surface area contributed by atoms with E-state index >= 15 is 0 Å². The molecule has 3 aromatic rings. The van der Waals surface area contributed by atoms with Gasteiger partial charge < -0.3 is 8.92 Å². The summed E-state index contributed by atoms with van der Waals surface area (Å²) in [6, 6.07) is 31.3. The van der Waals surface area contributed by atoms with E-state index in [1.807, 2.05) is 25.1 Å². The van der Waals surface area contributed by atoms with Crippen LogP contribution in [0.1, 0.15) is 75.5 Å². The van der Waals surface area contributed by atoms with Crippen LogP contribution in [0.2, 0.25) is 0 Å². The maximum atomic E-state index is 13.2. The van der Waals surface area contributed by atoms with E-state index < -0.39 is 26.6 Å². The molecule has 0 bridgehead atoms. The summed E-state index contributed by atoms with van der Waals surface area (Å²) >= 11 is 0. The Morgan fingerprint density at radius 3 is 1.77 bits per heavy atom. The second-order valence-corrected chi connectivity index (χ2v) is 15.8. The molecule has 4 aliphatic rings. The molecular formula is C39H41F3O4S. The third-order valence-electron chi connectivity index (χ3n) is 11.9. The number of allylic oxidation sites excluding steroid dienone is 3. The van der Waals surface area contributed by atoms with Gasteiger partial charge in [-0.05, 0) is 90.9 Å². The molecular weight excluding hydrogens is 621 g/mol. The van der Waals surface area contributed by atoms with Crippen molar-refractivity contribution in [3.63, 3.8) is 0 Å². The van der Waals surface area contributed by atoms with Crippen LogP contribution in [0.5, 0.6) is 0 Å². The maximum Gasteiger partial charge on any atom is 0.534 e. The van der Waals surface area contributed by atoms with Crippen LogP contribution in [-0.2, 0) is 24.6 Å². The largest absolute Gasteiger partial charge is 0.534 e. The summed E-state index contributed by atoms with van der Waals surface area (Å²) in [5, 5.41) is 0. The van der Waals surface area contributed by atoms with Crippen molar-refractivity contribution >= 4 is 10.1 Å². The van der Waals surface area contributed by atoms with Crippen molar-refractivity contribution < 1.29 is 30.5 Å². The van der Waals surface area contributed by atoms with Crippen LogP contribution in [0.3, 0.4) is 0 Å². The van der Waals surface area contributed by atoms with Crippen molar-refractivity contribution in [2.24, 2.45) is 28.6 Å². The van der Waals surface area contributed by atoms with Gasteiger partial charge in [-0.2, -0.15) is 21.6 Å². The van der Waals surface area contributed by atoms with Gasteiger partial charge in [0.25, 0.3) is 0 Å². The van der Waals surface area contributed by atoms with Gasteiger partial charge in [0.05, 0.1) is 6.10 Å². The Hall–Kier alpha value is -3.36. The summed E-state index contributed by atoms with van der Waals surface area (Å²) in [4.78, 5) is 0. The third-order valence-corrected chi connectivity index (χ3v) is 12.9. The van der Waals surface area contributed by atoms with E-state index in [1.165, 1.54) is 5.57 Å². The third kappa shape index (κ3) is 5.27. The van der Waals surface area contributed by atoms with E-state index in [4.69, 9.17) is 8.92 Å². The van der Waals surface area contributed by atoms with Gasteiger partial charge in [0, 0.05) is 5.41 Å². The van der Waals surface area contributed by atoms with Gasteiger partial charge in [0.15, 0.2) is 0 Å². The summed E-state index contributed by atoms with van der Waals surface area (Å²) in [5.41, 5.74) is -2.39. The van der Waals surface area contributed by atoms with Crippen molar-refractivity contribution in [2.45, 2.75) is 76.0 Å². The van der Waals surface area contributed by atoms with Crippen LogP contribution >= 0.6 is 0 Å². The predicted octanol–water partition coefficient (Wildman–Crippen LogP) is 9.69.